The van der Waals surface area contributed by atoms with E-state index in [-0.39, 0.29) is 6.54 Å². The monoisotopic (exact) mass is 308 g/mol. The minimum absolute atomic E-state index is 0.210. The molecule has 5 nitrogen and oxygen atoms in total. The molecule has 2 amide bonds. The van der Waals surface area contributed by atoms with E-state index >= 15 is 0 Å². The molecule has 1 atom stereocenters. The summed E-state index contributed by atoms with van der Waals surface area (Å²) < 4.78 is 39.1. The molecule has 1 aliphatic heterocycles. The Morgan fingerprint density at radius 3 is 2.24 bits per heavy atom. The number of aliphatic carboxylic acids is 1. The molecule has 120 valence electrons. The highest BCUT2D eigenvalue weighted by Gasteiger charge is 2.64. The molecule has 1 heterocycles. The van der Waals surface area contributed by atoms with E-state index in [2.05, 4.69) is 5.32 Å². The molecule has 0 aromatic heterocycles. The molecule has 0 spiro atoms. The van der Waals surface area contributed by atoms with Gasteiger partial charge in [0.15, 0.2) is 5.41 Å². The summed E-state index contributed by atoms with van der Waals surface area (Å²) in [5.41, 5.74) is -3.34. The van der Waals surface area contributed by atoms with Gasteiger partial charge >= 0.3 is 18.2 Å². The van der Waals surface area contributed by atoms with Crippen molar-refractivity contribution in [3.8, 4) is 0 Å². The maximum atomic E-state index is 13.0. The minimum atomic E-state index is -4.88. The Bertz CT molecular complexity index is 460. The van der Waals surface area contributed by atoms with E-state index in [0.717, 1.165) is 17.7 Å². The smallest absolute Gasteiger partial charge is 0.406 e. The lowest BCUT2D eigenvalue weighted by Crippen LogP contribution is -2.53. The van der Waals surface area contributed by atoms with Gasteiger partial charge in [0.05, 0.1) is 0 Å². The lowest BCUT2D eigenvalue weighted by molar-refractivity contribution is -0.226. The van der Waals surface area contributed by atoms with Crippen molar-refractivity contribution in [3.05, 3.63) is 0 Å². The number of rotatable bonds is 3. The lowest BCUT2D eigenvalue weighted by Gasteiger charge is -2.31. The van der Waals surface area contributed by atoms with Crippen LogP contribution >= 0.6 is 0 Å². The lowest BCUT2D eigenvalue weighted by atomic mass is 9.86. The summed E-state index contributed by atoms with van der Waals surface area (Å²) >= 11 is 0. The van der Waals surface area contributed by atoms with Gasteiger partial charge in [-0.25, -0.2) is 4.79 Å². The number of carboxylic acid groups (broad SMARTS) is 1. The highest BCUT2D eigenvalue weighted by atomic mass is 19.4. The van der Waals surface area contributed by atoms with E-state index in [1.165, 1.54) is 0 Å². The van der Waals surface area contributed by atoms with Gasteiger partial charge in [0.2, 0.25) is 0 Å². The SMILES string of the molecule is CC(C)(NC(=O)N1CCC(C(=O)O)(C(F)(F)F)C1)C1CC1. The van der Waals surface area contributed by atoms with E-state index in [4.69, 9.17) is 5.11 Å². The van der Waals surface area contributed by atoms with Crippen LogP contribution in [0.4, 0.5) is 18.0 Å². The maximum Gasteiger partial charge on any atom is 0.406 e. The van der Waals surface area contributed by atoms with Crippen LogP contribution in [0.5, 0.6) is 0 Å². The van der Waals surface area contributed by atoms with Crippen LogP contribution in [-0.2, 0) is 4.79 Å². The van der Waals surface area contributed by atoms with Gasteiger partial charge < -0.3 is 15.3 Å². The Balaban J connectivity index is 2.07. The predicted molar refractivity (Wildman–Crippen MR) is 67.6 cm³/mol. The highest BCUT2D eigenvalue weighted by Crippen LogP contribution is 2.46. The van der Waals surface area contributed by atoms with Gasteiger partial charge in [-0.15, -0.1) is 0 Å². The van der Waals surface area contributed by atoms with Crippen molar-refractivity contribution >= 4 is 12.0 Å². The third-order valence-electron chi connectivity index (χ3n) is 4.54. The summed E-state index contributed by atoms with van der Waals surface area (Å²) in [7, 11) is 0. The second-order valence-electron chi connectivity index (χ2n) is 6.48. The van der Waals surface area contributed by atoms with Crippen LogP contribution in [0, 0.1) is 11.3 Å². The Morgan fingerprint density at radius 2 is 1.86 bits per heavy atom. The molecule has 2 fully saturated rings. The summed E-state index contributed by atoms with van der Waals surface area (Å²) in [6, 6.07) is -0.626. The third kappa shape index (κ3) is 2.80. The largest absolute Gasteiger partial charge is 0.481 e. The number of hydrogen-bond donors (Lipinski definition) is 2. The van der Waals surface area contributed by atoms with E-state index in [9.17, 15) is 22.8 Å². The fourth-order valence-electron chi connectivity index (χ4n) is 2.77. The van der Waals surface area contributed by atoms with Crippen LogP contribution < -0.4 is 5.32 Å². The summed E-state index contributed by atoms with van der Waals surface area (Å²) in [6.07, 6.45) is -3.52. The number of alkyl halides is 3. The quantitative estimate of drug-likeness (QED) is 0.840. The summed E-state index contributed by atoms with van der Waals surface area (Å²) in [5.74, 6) is -1.59. The first kappa shape index (κ1) is 15.9. The molecular weight excluding hydrogens is 289 g/mol. The van der Waals surface area contributed by atoms with Gasteiger partial charge in [0.25, 0.3) is 0 Å². The first-order valence-electron chi connectivity index (χ1n) is 6.87. The van der Waals surface area contributed by atoms with Gasteiger partial charge in [0, 0.05) is 18.6 Å². The van der Waals surface area contributed by atoms with Gasteiger partial charge in [-0.1, -0.05) is 0 Å². The van der Waals surface area contributed by atoms with Crippen LogP contribution in [0.3, 0.4) is 0 Å². The van der Waals surface area contributed by atoms with Crippen LogP contribution in [0.1, 0.15) is 33.1 Å². The minimum Gasteiger partial charge on any atom is -0.481 e. The molecule has 8 heteroatoms. The van der Waals surface area contributed by atoms with Crippen LogP contribution in [0.2, 0.25) is 0 Å². The molecule has 2 rings (SSSR count). The predicted octanol–water partition coefficient (Wildman–Crippen LogP) is 2.22. The number of halogens is 3. The number of hydrogen-bond acceptors (Lipinski definition) is 2. The zero-order valence-electron chi connectivity index (χ0n) is 12.0. The number of carboxylic acids is 1. The van der Waals surface area contributed by atoms with Gasteiger partial charge in [-0.3, -0.25) is 4.79 Å². The molecule has 0 radical (unpaired) electrons. The molecule has 2 N–H and O–H groups in total. The highest BCUT2D eigenvalue weighted by molar-refractivity contribution is 5.80. The molecule has 0 aromatic rings. The number of likely N-dealkylation sites (tertiary alicyclic amines) is 1. The maximum absolute atomic E-state index is 13.0. The van der Waals surface area contributed by atoms with Gasteiger partial charge in [-0.05, 0) is 39.0 Å². The van der Waals surface area contributed by atoms with Crippen molar-refractivity contribution in [2.24, 2.45) is 11.3 Å². The number of nitrogens with one attached hydrogen (secondary N) is 1. The number of carbonyl (C=O) groups excluding carboxylic acids is 1. The zero-order valence-corrected chi connectivity index (χ0v) is 12.0. The van der Waals surface area contributed by atoms with Crippen molar-refractivity contribution in [2.45, 2.75) is 44.8 Å². The first-order valence-corrected chi connectivity index (χ1v) is 6.87. The second-order valence-corrected chi connectivity index (χ2v) is 6.48. The van der Waals surface area contributed by atoms with Crippen molar-refractivity contribution in [2.75, 3.05) is 13.1 Å². The first-order chi connectivity index (χ1) is 9.49. The summed E-state index contributed by atoms with van der Waals surface area (Å²) in [5, 5.41) is 11.7. The Hall–Kier alpha value is -1.47. The fraction of sp³-hybridized carbons (Fsp3) is 0.846. The molecule has 2 aliphatic rings. The number of carbonyl (C=O) groups is 2. The number of amides is 2. The molecule has 0 bridgehead atoms. The number of nitrogens with zero attached hydrogens (tertiary/aromatic N) is 1. The molecule has 1 aliphatic carbocycles. The van der Waals surface area contributed by atoms with Crippen molar-refractivity contribution < 1.29 is 27.9 Å². The average Bonchev–Trinajstić information content (AvgIpc) is 3.06. The van der Waals surface area contributed by atoms with E-state index in [0.29, 0.717) is 5.92 Å². The third-order valence-corrected chi connectivity index (χ3v) is 4.54. The molecule has 0 aromatic carbocycles. The Labute approximate surface area is 120 Å². The van der Waals surface area contributed by atoms with Crippen LogP contribution in [-0.4, -0.2) is 46.8 Å². The molecule has 1 saturated heterocycles. The average molecular weight is 308 g/mol. The van der Waals surface area contributed by atoms with Crippen molar-refractivity contribution in [3.63, 3.8) is 0 Å². The van der Waals surface area contributed by atoms with Crippen molar-refractivity contribution in [1.82, 2.24) is 10.2 Å². The van der Waals surface area contributed by atoms with Gasteiger partial charge in [-0.2, -0.15) is 13.2 Å². The van der Waals surface area contributed by atoms with Crippen molar-refractivity contribution in [1.29, 1.82) is 0 Å². The van der Waals surface area contributed by atoms with E-state index in [1.807, 2.05) is 13.8 Å². The van der Waals surface area contributed by atoms with Gasteiger partial charge in [0.1, 0.15) is 0 Å². The van der Waals surface area contributed by atoms with Crippen LogP contribution in [0.25, 0.3) is 0 Å². The normalized spacial score (nSPS) is 26.8. The fourth-order valence-corrected chi connectivity index (χ4v) is 2.77. The number of urea groups is 1. The standard InChI is InChI=1S/C13H19F3N2O3/c1-11(2,8-3-4-8)17-10(21)18-6-5-12(7-18,9(19)20)13(14,15)16/h8H,3-7H2,1-2H3,(H,17,21)(H,19,20). The Morgan fingerprint density at radius 1 is 1.29 bits per heavy atom. The Kier molecular flexibility index (Phi) is 3.62. The molecule has 21 heavy (non-hydrogen) atoms. The van der Waals surface area contributed by atoms with E-state index < -0.39 is 42.1 Å². The molecular formula is C13H19F3N2O3. The summed E-state index contributed by atoms with van der Waals surface area (Å²) in [4.78, 5) is 24.1. The second kappa shape index (κ2) is 4.78. The van der Waals surface area contributed by atoms with Crippen LogP contribution in [0.15, 0.2) is 0 Å². The molecule has 1 saturated carbocycles. The van der Waals surface area contributed by atoms with E-state index in [1.54, 1.807) is 0 Å². The summed E-state index contributed by atoms with van der Waals surface area (Å²) in [6.45, 7) is 2.61. The molecule has 1 unspecified atom stereocenters. The topological polar surface area (TPSA) is 69.6 Å². The zero-order chi connectivity index (χ0) is 16.1.